The van der Waals surface area contributed by atoms with Gasteiger partial charge in [-0.1, -0.05) is 6.08 Å². The number of nitrogens with one attached hydrogen (secondary N) is 1. The maximum Gasteiger partial charge on any atom is 0.182 e. The molecule has 1 unspecified atom stereocenters. The van der Waals surface area contributed by atoms with Crippen molar-refractivity contribution < 1.29 is 13.2 Å². The van der Waals surface area contributed by atoms with E-state index in [1.807, 2.05) is 0 Å². The van der Waals surface area contributed by atoms with E-state index in [1.165, 1.54) is 6.08 Å². The summed E-state index contributed by atoms with van der Waals surface area (Å²) >= 11 is 0. The topological polar surface area (TPSA) is 12.0 Å². The van der Waals surface area contributed by atoms with Crippen molar-refractivity contribution in [2.75, 3.05) is 5.32 Å². The van der Waals surface area contributed by atoms with Crippen LogP contribution in [0.1, 0.15) is 6.92 Å². The Balaban J connectivity index is 3.01. The molecular weight excluding hydrogens is 191 g/mol. The van der Waals surface area contributed by atoms with Gasteiger partial charge in [-0.05, 0) is 6.92 Å². The van der Waals surface area contributed by atoms with Gasteiger partial charge in [-0.3, -0.25) is 0 Å². The first-order valence-electron chi connectivity index (χ1n) is 4.08. The van der Waals surface area contributed by atoms with Crippen LogP contribution in [0.25, 0.3) is 0 Å². The van der Waals surface area contributed by atoms with Crippen molar-refractivity contribution in [2.24, 2.45) is 0 Å². The van der Waals surface area contributed by atoms with Gasteiger partial charge in [0.25, 0.3) is 0 Å². The molecule has 0 bridgehead atoms. The molecule has 1 N–H and O–H groups in total. The van der Waals surface area contributed by atoms with Crippen LogP contribution in [-0.2, 0) is 0 Å². The van der Waals surface area contributed by atoms with E-state index in [0.717, 1.165) is 6.07 Å². The minimum absolute atomic E-state index is 0.199. The first-order valence-corrected chi connectivity index (χ1v) is 4.08. The Morgan fingerprint density at radius 3 is 2.57 bits per heavy atom. The minimum Gasteiger partial charge on any atom is -0.377 e. The zero-order chi connectivity index (χ0) is 10.7. The van der Waals surface area contributed by atoms with Gasteiger partial charge in [-0.2, -0.15) is 0 Å². The summed E-state index contributed by atoms with van der Waals surface area (Å²) in [5.74, 6) is -3.11. The lowest BCUT2D eigenvalue weighted by molar-refractivity contribution is 0.497. The number of hydrogen-bond acceptors (Lipinski definition) is 1. The summed E-state index contributed by atoms with van der Waals surface area (Å²) in [5.41, 5.74) is -0.199. The Morgan fingerprint density at radius 1 is 1.36 bits per heavy atom. The van der Waals surface area contributed by atoms with Crippen molar-refractivity contribution in [3.8, 4) is 0 Å². The predicted molar refractivity (Wildman–Crippen MR) is 49.6 cm³/mol. The number of benzene rings is 1. The quantitative estimate of drug-likeness (QED) is 0.585. The highest BCUT2D eigenvalue weighted by Crippen LogP contribution is 2.19. The maximum atomic E-state index is 13.0. The van der Waals surface area contributed by atoms with Crippen molar-refractivity contribution in [2.45, 2.75) is 13.0 Å². The van der Waals surface area contributed by atoms with E-state index in [-0.39, 0.29) is 11.7 Å². The van der Waals surface area contributed by atoms with Crippen molar-refractivity contribution in [3.05, 3.63) is 42.2 Å². The molecule has 0 saturated heterocycles. The van der Waals surface area contributed by atoms with Gasteiger partial charge in [0.1, 0.15) is 5.82 Å². The molecule has 0 aliphatic rings. The number of anilines is 1. The van der Waals surface area contributed by atoms with Crippen molar-refractivity contribution in [3.63, 3.8) is 0 Å². The van der Waals surface area contributed by atoms with Crippen molar-refractivity contribution in [1.82, 2.24) is 0 Å². The van der Waals surface area contributed by atoms with Crippen LogP contribution in [0.15, 0.2) is 24.8 Å². The molecule has 76 valence electrons. The fraction of sp³-hybridized carbons (Fsp3) is 0.200. The molecule has 0 heterocycles. The van der Waals surface area contributed by atoms with Crippen LogP contribution < -0.4 is 5.32 Å². The number of hydrogen-bond donors (Lipinski definition) is 1. The summed E-state index contributed by atoms with van der Waals surface area (Å²) in [4.78, 5) is 0. The molecule has 0 aliphatic carbocycles. The van der Waals surface area contributed by atoms with Gasteiger partial charge in [-0.15, -0.1) is 6.58 Å². The summed E-state index contributed by atoms with van der Waals surface area (Å²) in [5, 5.41) is 2.57. The highest BCUT2D eigenvalue weighted by Gasteiger charge is 2.11. The van der Waals surface area contributed by atoms with Crippen molar-refractivity contribution in [1.29, 1.82) is 0 Å². The summed E-state index contributed by atoms with van der Waals surface area (Å²) < 4.78 is 38.4. The van der Waals surface area contributed by atoms with Crippen LogP contribution in [0.3, 0.4) is 0 Å². The predicted octanol–water partition coefficient (Wildman–Crippen LogP) is 3.09. The van der Waals surface area contributed by atoms with Crippen LogP contribution in [0.5, 0.6) is 0 Å². The second kappa shape index (κ2) is 4.17. The van der Waals surface area contributed by atoms with E-state index in [4.69, 9.17) is 0 Å². The highest BCUT2D eigenvalue weighted by molar-refractivity contribution is 5.46. The van der Waals surface area contributed by atoms with Crippen LogP contribution in [0.4, 0.5) is 18.9 Å². The van der Waals surface area contributed by atoms with Gasteiger partial charge in [0.05, 0.1) is 5.69 Å². The van der Waals surface area contributed by atoms with Gasteiger partial charge in [0, 0.05) is 18.2 Å². The van der Waals surface area contributed by atoms with Gasteiger partial charge in [0.2, 0.25) is 0 Å². The van der Waals surface area contributed by atoms with Gasteiger partial charge < -0.3 is 5.32 Å². The Hall–Kier alpha value is -1.45. The van der Waals surface area contributed by atoms with Crippen molar-refractivity contribution >= 4 is 5.69 Å². The van der Waals surface area contributed by atoms with E-state index in [2.05, 4.69) is 11.9 Å². The van der Waals surface area contributed by atoms with Gasteiger partial charge in [-0.25, -0.2) is 13.2 Å². The van der Waals surface area contributed by atoms with E-state index >= 15 is 0 Å². The lowest BCUT2D eigenvalue weighted by Crippen LogP contribution is -2.13. The Bertz CT molecular complexity index is 349. The number of rotatable bonds is 3. The van der Waals surface area contributed by atoms with E-state index in [9.17, 15) is 13.2 Å². The van der Waals surface area contributed by atoms with E-state index in [1.54, 1.807) is 6.92 Å². The average molecular weight is 201 g/mol. The molecule has 0 aliphatic heterocycles. The SMILES string of the molecule is C=CC(C)Nc1cc(F)cc(F)c1F. The summed E-state index contributed by atoms with van der Waals surface area (Å²) in [6.07, 6.45) is 1.50. The molecule has 0 radical (unpaired) electrons. The molecule has 1 nitrogen and oxygen atoms in total. The molecule has 1 atom stereocenters. The van der Waals surface area contributed by atoms with Crippen LogP contribution in [0.2, 0.25) is 0 Å². The monoisotopic (exact) mass is 201 g/mol. The second-order valence-electron chi connectivity index (χ2n) is 2.92. The highest BCUT2D eigenvalue weighted by atomic mass is 19.2. The first kappa shape index (κ1) is 10.6. The molecule has 1 rings (SSSR count). The largest absolute Gasteiger partial charge is 0.377 e. The average Bonchev–Trinajstić information content (AvgIpc) is 2.13. The Labute approximate surface area is 80.2 Å². The summed E-state index contributed by atoms with van der Waals surface area (Å²) in [6, 6.07) is 1.14. The maximum absolute atomic E-state index is 13.0. The zero-order valence-corrected chi connectivity index (χ0v) is 7.65. The Kier molecular flexibility index (Phi) is 3.17. The molecule has 4 heteroatoms. The first-order chi connectivity index (χ1) is 6.54. The molecule has 0 saturated carbocycles. The fourth-order valence-electron chi connectivity index (χ4n) is 0.965. The van der Waals surface area contributed by atoms with E-state index < -0.39 is 17.5 Å². The third kappa shape index (κ3) is 2.28. The molecule has 1 aromatic carbocycles. The van der Waals surface area contributed by atoms with Crippen LogP contribution in [0, 0.1) is 17.5 Å². The lowest BCUT2D eigenvalue weighted by Gasteiger charge is -2.11. The molecule has 0 aromatic heterocycles. The smallest absolute Gasteiger partial charge is 0.182 e. The van der Waals surface area contributed by atoms with Crippen LogP contribution >= 0.6 is 0 Å². The second-order valence-corrected chi connectivity index (χ2v) is 2.92. The molecular formula is C10H10F3N. The lowest BCUT2D eigenvalue weighted by atomic mass is 10.2. The minimum atomic E-state index is -1.20. The van der Waals surface area contributed by atoms with Gasteiger partial charge in [0.15, 0.2) is 11.6 Å². The third-order valence-electron chi connectivity index (χ3n) is 1.73. The summed E-state index contributed by atoms with van der Waals surface area (Å²) in [7, 11) is 0. The van der Waals surface area contributed by atoms with Gasteiger partial charge >= 0.3 is 0 Å². The Morgan fingerprint density at radius 2 is 2.00 bits per heavy atom. The van der Waals surface area contributed by atoms with E-state index in [0.29, 0.717) is 6.07 Å². The molecule has 0 amide bonds. The molecule has 0 spiro atoms. The standard InChI is InChI=1S/C10H10F3N/c1-3-6(2)14-9-5-7(11)4-8(12)10(9)13/h3-6,14H,1H2,2H3. The number of halogens is 3. The zero-order valence-electron chi connectivity index (χ0n) is 7.65. The third-order valence-corrected chi connectivity index (χ3v) is 1.73. The summed E-state index contributed by atoms with van der Waals surface area (Å²) in [6.45, 7) is 5.15. The molecule has 1 aromatic rings. The van der Waals surface area contributed by atoms with Crippen LogP contribution in [-0.4, -0.2) is 6.04 Å². The molecule has 0 fully saturated rings. The fourth-order valence-corrected chi connectivity index (χ4v) is 0.965. The molecule has 14 heavy (non-hydrogen) atoms. The normalized spacial score (nSPS) is 12.3.